The van der Waals surface area contributed by atoms with Gasteiger partial charge in [-0.05, 0) is 133 Å². The van der Waals surface area contributed by atoms with Crippen LogP contribution >= 0.6 is 12.4 Å². The van der Waals surface area contributed by atoms with E-state index in [1.165, 1.54) is 18.2 Å². The Balaban J connectivity index is 0.000000188. The van der Waals surface area contributed by atoms with Crippen LogP contribution < -0.4 is 20.7 Å². The number of nitrogens with zero attached hydrogens (tertiary/aromatic N) is 6. The molecule has 1 atom stereocenters. The Hall–Kier alpha value is -7.58. The summed E-state index contributed by atoms with van der Waals surface area (Å²) in [4.78, 5) is 15.4. The van der Waals surface area contributed by atoms with Gasteiger partial charge < -0.3 is 29.9 Å². The number of benzene rings is 6. The summed E-state index contributed by atoms with van der Waals surface area (Å²) in [5, 5.41) is 36.8. The van der Waals surface area contributed by atoms with Crippen molar-refractivity contribution >= 4 is 24.1 Å². The van der Waals surface area contributed by atoms with Crippen molar-refractivity contribution in [3.05, 3.63) is 179 Å². The molecule has 5 aliphatic rings. The van der Waals surface area contributed by atoms with Crippen LogP contribution in [0.5, 0.6) is 11.5 Å². The van der Waals surface area contributed by atoms with Crippen molar-refractivity contribution in [1.82, 2.24) is 10.5 Å². The third-order valence-corrected chi connectivity index (χ3v) is 14.5. The number of hydrogen-bond acceptors (Lipinski definition) is 14. The van der Waals surface area contributed by atoms with Crippen molar-refractivity contribution in [3.63, 3.8) is 0 Å². The molecule has 15 heteroatoms. The standard InChI is InChI=1S/C30H30N4O3.C29H25N3O2.CH5NO.ClH/c1-34-28(32)33-30(37-34)20-29(14-12-25(13-15-29)35-19-21-6-3-2-4-7-21)36-27-11-10-24(17-26(27)30)23-9-5-8-22(16-23)18-31;30-18-22-7-4-8-23(15-22)24-9-10-28-26(16-24)27(32-20-31)17-29(34-28)13-11-25(12-14-29)33-19-21-5-2-1-3-6-21;1-2-3;/h2-11,16-17,25H,12-15,19-20H2,1H3,(H2,32,33);1-10,15-16,25H,11-14,17,19H2;2-3H,1H3;1H. The molecule has 2 saturated carbocycles. The average molecular weight is 1030 g/mol. The first-order valence-corrected chi connectivity index (χ1v) is 25.1. The Kier molecular flexibility index (Phi) is 17.3. The van der Waals surface area contributed by atoms with Gasteiger partial charge in [0.1, 0.15) is 22.7 Å². The van der Waals surface area contributed by atoms with Crippen LogP contribution in [-0.2, 0) is 33.3 Å². The van der Waals surface area contributed by atoms with Gasteiger partial charge in [-0.3, -0.25) is 0 Å². The maximum Gasteiger partial charge on any atom is 0.222 e. The summed E-state index contributed by atoms with van der Waals surface area (Å²) < 4.78 is 25.7. The van der Waals surface area contributed by atoms with E-state index < -0.39 is 11.3 Å². The first-order valence-electron chi connectivity index (χ1n) is 25.1. The van der Waals surface area contributed by atoms with E-state index >= 15 is 0 Å². The van der Waals surface area contributed by atoms with E-state index in [1.54, 1.807) is 29.7 Å². The maximum atomic E-state index is 9.37. The van der Waals surface area contributed by atoms with Crippen LogP contribution in [0.2, 0.25) is 0 Å². The Morgan fingerprint density at radius 1 is 0.680 bits per heavy atom. The molecule has 0 bridgehead atoms. The molecule has 3 spiro atoms. The van der Waals surface area contributed by atoms with Crippen LogP contribution in [0.4, 0.5) is 0 Å². The lowest BCUT2D eigenvalue weighted by atomic mass is 9.74. The van der Waals surface area contributed by atoms with Gasteiger partial charge in [-0.25, -0.2) is 20.4 Å². The number of aliphatic imine (C=N–C) groups is 2. The zero-order valence-corrected chi connectivity index (χ0v) is 43.0. The fraction of sp³-hybridized carbons (Fsp3) is 0.317. The number of rotatable bonds is 8. The van der Waals surface area contributed by atoms with Gasteiger partial charge in [-0.1, -0.05) is 97.1 Å². The lowest BCUT2D eigenvalue weighted by Crippen LogP contribution is -2.51. The third kappa shape index (κ3) is 12.5. The predicted octanol–water partition coefficient (Wildman–Crippen LogP) is 11.4. The van der Waals surface area contributed by atoms with Gasteiger partial charge >= 0.3 is 0 Å². The molecule has 3 aliphatic heterocycles. The minimum absolute atomic E-state index is 0. The lowest BCUT2D eigenvalue weighted by Gasteiger charge is -2.48. The fourth-order valence-electron chi connectivity index (χ4n) is 10.7. The Morgan fingerprint density at radius 3 is 1.68 bits per heavy atom. The quantitative estimate of drug-likeness (QED) is 0.0962. The fourth-order valence-corrected chi connectivity index (χ4v) is 10.7. The number of guanidine groups is 1. The molecule has 3 heterocycles. The van der Waals surface area contributed by atoms with E-state index in [1.807, 2.05) is 109 Å². The highest BCUT2D eigenvalue weighted by atomic mass is 35.5. The molecule has 0 saturated heterocycles. The second-order valence-corrected chi connectivity index (χ2v) is 19.4. The molecule has 6 aromatic carbocycles. The average Bonchev–Trinajstić information content (AvgIpc) is 3.72. The maximum absolute atomic E-state index is 9.37. The van der Waals surface area contributed by atoms with Crippen LogP contribution in [-0.4, -0.2) is 59.4 Å². The molecule has 2 aliphatic carbocycles. The molecule has 0 aromatic heterocycles. The molecule has 11 rings (SSSR count). The SMILES string of the molecule is CN1OC2(CC3(CCC(OCc4ccccc4)CC3)Oc3ccc(-c4cccc(C#N)c4)cc32)N=C1N.CNO.Cl.N#CN=C1CC2(CCC(OCc3ccccc3)CC2)Oc2ccc(-c3cccc(C#N)c3)cc21. The largest absolute Gasteiger partial charge is 0.487 e. The van der Waals surface area contributed by atoms with Gasteiger partial charge in [0, 0.05) is 32.5 Å². The molecule has 0 radical (unpaired) electrons. The van der Waals surface area contributed by atoms with Gasteiger partial charge in [-0.2, -0.15) is 20.8 Å². The first-order chi connectivity index (χ1) is 36.1. The van der Waals surface area contributed by atoms with Gasteiger partial charge in [0.25, 0.3) is 0 Å². The second kappa shape index (κ2) is 24.2. The number of ether oxygens (including phenoxy) is 4. The number of hydrogen-bond donors (Lipinski definition) is 3. The highest BCUT2D eigenvalue weighted by Gasteiger charge is 2.55. The van der Waals surface area contributed by atoms with Crippen molar-refractivity contribution in [3.8, 4) is 52.1 Å². The van der Waals surface area contributed by atoms with Crippen molar-refractivity contribution in [2.45, 2.75) is 107 Å². The van der Waals surface area contributed by atoms with Crippen LogP contribution in [0, 0.1) is 34.1 Å². The molecule has 4 N–H and O–H groups in total. The molecule has 384 valence electrons. The number of hydroxylamine groups is 3. The van der Waals surface area contributed by atoms with Crippen LogP contribution in [0.25, 0.3) is 22.3 Å². The molecule has 1 unspecified atom stereocenters. The van der Waals surface area contributed by atoms with E-state index in [-0.39, 0.29) is 30.2 Å². The number of fused-ring (bicyclic) bond motifs is 3. The number of nitrogens with two attached hydrogens (primary N) is 1. The highest BCUT2D eigenvalue weighted by molar-refractivity contribution is 6.06. The highest BCUT2D eigenvalue weighted by Crippen LogP contribution is 2.54. The van der Waals surface area contributed by atoms with Crippen molar-refractivity contribution in [2.24, 2.45) is 15.7 Å². The molecule has 0 amide bonds. The lowest BCUT2D eigenvalue weighted by molar-refractivity contribution is -0.210. The smallest absolute Gasteiger partial charge is 0.222 e. The minimum atomic E-state index is -0.951. The monoisotopic (exact) mass is 1020 g/mol. The summed E-state index contributed by atoms with van der Waals surface area (Å²) in [5.41, 5.74) is 16.2. The summed E-state index contributed by atoms with van der Waals surface area (Å²) in [6.07, 6.45) is 10.7. The van der Waals surface area contributed by atoms with Gasteiger partial charge in [0.2, 0.25) is 17.9 Å². The zero-order chi connectivity index (χ0) is 51.5. The van der Waals surface area contributed by atoms with Crippen LogP contribution in [0.1, 0.15) is 97.6 Å². The first kappa shape index (κ1) is 53.7. The van der Waals surface area contributed by atoms with Crippen molar-refractivity contribution in [2.75, 3.05) is 14.1 Å². The number of halogens is 1. The van der Waals surface area contributed by atoms with Gasteiger partial charge in [0.15, 0.2) is 0 Å². The molecule has 6 aromatic rings. The Bertz CT molecular complexity index is 3120. The minimum Gasteiger partial charge on any atom is -0.487 e. The molecular weight excluding hydrogens is 964 g/mol. The molecular formula is C60H61ClN8O6. The summed E-state index contributed by atoms with van der Waals surface area (Å²) in [6, 6.07) is 52.1. The van der Waals surface area contributed by atoms with E-state index in [2.05, 4.69) is 47.5 Å². The molecule has 75 heavy (non-hydrogen) atoms. The van der Waals surface area contributed by atoms with E-state index in [0.29, 0.717) is 43.1 Å². The summed E-state index contributed by atoms with van der Waals surface area (Å²) in [5.74, 6) is 1.88. The summed E-state index contributed by atoms with van der Waals surface area (Å²) in [7, 11) is 3.21. The van der Waals surface area contributed by atoms with E-state index in [0.717, 1.165) is 102 Å². The van der Waals surface area contributed by atoms with Crippen LogP contribution in [0.15, 0.2) is 156 Å². The van der Waals surface area contributed by atoms with E-state index in [4.69, 9.17) is 39.7 Å². The van der Waals surface area contributed by atoms with Crippen molar-refractivity contribution in [1.29, 1.82) is 15.8 Å². The number of nitriles is 3. The normalized spacial score (nSPS) is 23.4. The zero-order valence-electron chi connectivity index (χ0n) is 42.2. The van der Waals surface area contributed by atoms with Gasteiger partial charge in [-0.15, -0.1) is 12.4 Å². The second-order valence-electron chi connectivity index (χ2n) is 19.4. The molecule has 14 nitrogen and oxygen atoms in total. The Labute approximate surface area is 444 Å². The predicted molar refractivity (Wildman–Crippen MR) is 289 cm³/mol. The van der Waals surface area contributed by atoms with E-state index in [9.17, 15) is 15.8 Å². The third-order valence-electron chi connectivity index (χ3n) is 14.5. The van der Waals surface area contributed by atoms with Crippen molar-refractivity contribution < 1.29 is 29.0 Å². The van der Waals surface area contributed by atoms with Gasteiger partial charge in [0.05, 0.1) is 60.0 Å². The molecule has 2 fully saturated rings. The van der Waals surface area contributed by atoms with Crippen LogP contribution in [0.3, 0.4) is 0 Å². The Morgan fingerprint density at radius 2 is 1.17 bits per heavy atom. The summed E-state index contributed by atoms with van der Waals surface area (Å²) >= 11 is 0. The number of nitrogens with one attached hydrogen (secondary N) is 1. The topological polar surface area (TPSA) is 204 Å². The summed E-state index contributed by atoms with van der Waals surface area (Å²) in [6.45, 7) is 1.25.